The van der Waals surface area contributed by atoms with Crippen LogP contribution in [0.3, 0.4) is 0 Å². The van der Waals surface area contributed by atoms with Crippen LogP contribution in [0.15, 0.2) is 84.9 Å². The second kappa shape index (κ2) is 8.82. The zero-order valence-corrected chi connectivity index (χ0v) is 16.3. The molecule has 3 aromatic carbocycles. The van der Waals surface area contributed by atoms with E-state index in [9.17, 15) is 9.90 Å². The molecule has 29 heavy (non-hydrogen) atoms. The topological polar surface area (TPSA) is 49.8 Å². The number of carbonyl (C=O) groups is 1. The Morgan fingerprint density at radius 1 is 0.862 bits per heavy atom. The Morgan fingerprint density at radius 3 is 2.17 bits per heavy atom. The van der Waals surface area contributed by atoms with E-state index in [1.54, 1.807) is 12.1 Å². The Bertz CT molecular complexity index is 925. The van der Waals surface area contributed by atoms with Crippen LogP contribution < -0.4 is 0 Å². The molecule has 1 heterocycles. The molecule has 0 saturated carbocycles. The van der Waals surface area contributed by atoms with Crippen LogP contribution in [0.4, 0.5) is 4.79 Å². The molecule has 1 amide bonds. The lowest BCUT2D eigenvalue weighted by Crippen LogP contribution is -2.42. The first-order valence-corrected chi connectivity index (χ1v) is 10.0. The average molecular weight is 387 g/mol. The Morgan fingerprint density at radius 2 is 1.48 bits per heavy atom. The van der Waals surface area contributed by atoms with Crippen LogP contribution in [0.5, 0.6) is 5.75 Å². The minimum absolute atomic E-state index is 0.179. The highest BCUT2D eigenvalue weighted by Crippen LogP contribution is 2.40. The number of ether oxygens (including phenoxy) is 1. The van der Waals surface area contributed by atoms with Crippen molar-refractivity contribution >= 4 is 6.09 Å². The smallest absolute Gasteiger partial charge is 0.410 e. The van der Waals surface area contributed by atoms with E-state index in [1.165, 1.54) is 11.1 Å². The molecule has 0 aliphatic carbocycles. The molecule has 2 atom stereocenters. The fourth-order valence-corrected chi connectivity index (χ4v) is 4.09. The SMILES string of the molecule is O=C(OCc1ccccc1)N1CC[C@@H](c2ccc(O)cc2)[C@H](c2ccccc2)C1. The molecule has 148 valence electrons. The van der Waals surface area contributed by atoms with Crippen molar-refractivity contribution in [3.8, 4) is 5.75 Å². The zero-order chi connectivity index (χ0) is 20.1. The Kier molecular flexibility index (Phi) is 5.80. The second-order valence-corrected chi connectivity index (χ2v) is 7.49. The van der Waals surface area contributed by atoms with Crippen molar-refractivity contribution in [2.24, 2.45) is 0 Å². The molecule has 1 fully saturated rings. The Balaban J connectivity index is 1.50. The molecule has 1 saturated heterocycles. The van der Waals surface area contributed by atoms with E-state index in [2.05, 4.69) is 12.1 Å². The number of amides is 1. The van der Waals surface area contributed by atoms with E-state index >= 15 is 0 Å². The van der Waals surface area contributed by atoms with Gasteiger partial charge < -0.3 is 14.7 Å². The van der Waals surface area contributed by atoms with Crippen molar-refractivity contribution in [1.29, 1.82) is 0 Å². The van der Waals surface area contributed by atoms with Crippen molar-refractivity contribution in [1.82, 2.24) is 4.90 Å². The third-order valence-corrected chi connectivity index (χ3v) is 5.63. The quantitative estimate of drug-likeness (QED) is 0.661. The number of aromatic hydroxyl groups is 1. The fourth-order valence-electron chi connectivity index (χ4n) is 4.09. The third kappa shape index (κ3) is 4.60. The van der Waals surface area contributed by atoms with Gasteiger partial charge in [-0.15, -0.1) is 0 Å². The summed E-state index contributed by atoms with van der Waals surface area (Å²) in [6, 6.07) is 27.5. The lowest BCUT2D eigenvalue weighted by molar-refractivity contribution is 0.0826. The van der Waals surface area contributed by atoms with Gasteiger partial charge in [0.15, 0.2) is 0 Å². The van der Waals surface area contributed by atoms with Crippen LogP contribution >= 0.6 is 0 Å². The first kappa shape index (κ1) is 19.1. The first-order valence-electron chi connectivity index (χ1n) is 10.0. The Labute approximate surface area is 171 Å². The van der Waals surface area contributed by atoms with E-state index in [1.807, 2.05) is 65.6 Å². The van der Waals surface area contributed by atoms with Gasteiger partial charge in [0.1, 0.15) is 12.4 Å². The summed E-state index contributed by atoms with van der Waals surface area (Å²) in [6.45, 7) is 1.55. The summed E-state index contributed by atoms with van der Waals surface area (Å²) in [4.78, 5) is 14.5. The van der Waals surface area contributed by atoms with Crippen molar-refractivity contribution in [3.05, 3.63) is 102 Å². The molecule has 0 bridgehead atoms. The maximum absolute atomic E-state index is 12.7. The highest BCUT2D eigenvalue weighted by atomic mass is 16.6. The van der Waals surface area contributed by atoms with Crippen LogP contribution in [-0.2, 0) is 11.3 Å². The molecule has 1 N–H and O–H groups in total. The van der Waals surface area contributed by atoms with Gasteiger partial charge in [-0.05, 0) is 41.2 Å². The van der Waals surface area contributed by atoms with Crippen LogP contribution in [0.2, 0.25) is 0 Å². The molecular weight excluding hydrogens is 362 g/mol. The van der Waals surface area contributed by atoms with Gasteiger partial charge in [0.2, 0.25) is 0 Å². The van der Waals surface area contributed by atoms with Crippen molar-refractivity contribution < 1.29 is 14.6 Å². The van der Waals surface area contributed by atoms with E-state index in [4.69, 9.17) is 4.74 Å². The molecule has 4 rings (SSSR count). The van der Waals surface area contributed by atoms with E-state index < -0.39 is 0 Å². The molecule has 4 nitrogen and oxygen atoms in total. The van der Waals surface area contributed by atoms with Crippen LogP contribution in [0, 0.1) is 0 Å². The molecule has 1 aliphatic rings. The number of hydrogen-bond donors (Lipinski definition) is 1. The van der Waals surface area contributed by atoms with Crippen LogP contribution in [0.25, 0.3) is 0 Å². The normalized spacial score (nSPS) is 19.0. The van der Waals surface area contributed by atoms with Gasteiger partial charge in [-0.2, -0.15) is 0 Å². The van der Waals surface area contributed by atoms with Crippen molar-refractivity contribution in [2.75, 3.05) is 13.1 Å². The molecule has 0 spiro atoms. The number of piperidine rings is 1. The largest absolute Gasteiger partial charge is 0.508 e. The minimum atomic E-state index is -0.265. The highest BCUT2D eigenvalue weighted by Gasteiger charge is 2.34. The lowest BCUT2D eigenvalue weighted by atomic mass is 9.77. The summed E-state index contributed by atoms with van der Waals surface area (Å²) in [5, 5.41) is 9.64. The maximum atomic E-state index is 12.7. The minimum Gasteiger partial charge on any atom is -0.508 e. The van der Waals surface area contributed by atoms with Crippen molar-refractivity contribution in [3.63, 3.8) is 0 Å². The monoisotopic (exact) mass is 387 g/mol. The molecule has 0 radical (unpaired) electrons. The summed E-state index contributed by atoms with van der Waals surface area (Å²) in [5.41, 5.74) is 3.39. The highest BCUT2D eigenvalue weighted by molar-refractivity contribution is 5.68. The fraction of sp³-hybridized carbons (Fsp3) is 0.240. The predicted molar refractivity (Wildman–Crippen MR) is 113 cm³/mol. The molecule has 4 heteroatoms. The van der Waals surface area contributed by atoms with Crippen LogP contribution in [0.1, 0.15) is 34.9 Å². The number of phenolic OH excluding ortho intramolecular Hbond substituents is 1. The van der Waals surface area contributed by atoms with Gasteiger partial charge in [-0.1, -0.05) is 72.8 Å². The standard InChI is InChI=1S/C25H25NO3/c27-22-13-11-21(12-14-22)23-15-16-26(17-24(23)20-9-5-2-6-10-20)25(28)29-18-19-7-3-1-4-8-19/h1-14,23-24,27H,15-18H2/t23-,24-/m0/s1. The zero-order valence-electron chi connectivity index (χ0n) is 16.3. The number of rotatable bonds is 4. The summed E-state index contributed by atoms with van der Waals surface area (Å²) in [7, 11) is 0. The number of likely N-dealkylation sites (tertiary alicyclic amines) is 1. The van der Waals surface area contributed by atoms with E-state index in [0.29, 0.717) is 13.1 Å². The average Bonchev–Trinajstić information content (AvgIpc) is 2.79. The summed E-state index contributed by atoms with van der Waals surface area (Å²) in [6.07, 6.45) is 0.587. The van der Waals surface area contributed by atoms with E-state index in [-0.39, 0.29) is 30.3 Å². The summed E-state index contributed by atoms with van der Waals surface area (Å²) in [5.74, 6) is 0.738. The number of carbonyl (C=O) groups excluding carboxylic acids is 1. The van der Waals surface area contributed by atoms with Gasteiger partial charge in [0, 0.05) is 19.0 Å². The molecule has 0 aromatic heterocycles. The van der Waals surface area contributed by atoms with E-state index in [0.717, 1.165) is 12.0 Å². The summed E-state index contributed by atoms with van der Waals surface area (Å²) < 4.78 is 5.56. The second-order valence-electron chi connectivity index (χ2n) is 7.49. The van der Waals surface area contributed by atoms with Gasteiger partial charge in [0.05, 0.1) is 0 Å². The first-order chi connectivity index (χ1) is 14.2. The molecule has 3 aromatic rings. The van der Waals surface area contributed by atoms with Crippen molar-refractivity contribution in [2.45, 2.75) is 24.9 Å². The Hall–Kier alpha value is -3.27. The molecule has 0 unspecified atom stereocenters. The number of nitrogens with zero attached hydrogens (tertiary/aromatic N) is 1. The van der Waals surface area contributed by atoms with Gasteiger partial charge >= 0.3 is 6.09 Å². The number of phenols is 1. The molecule has 1 aliphatic heterocycles. The summed E-state index contributed by atoms with van der Waals surface area (Å²) >= 11 is 0. The predicted octanol–water partition coefficient (Wildman–Crippen LogP) is 5.30. The third-order valence-electron chi connectivity index (χ3n) is 5.63. The number of hydrogen-bond acceptors (Lipinski definition) is 3. The van der Waals surface area contributed by atoms with Gasteiger partial charge in [0.25, 0.3) is 0 Å². The van der Waals surface area contributed by atoms with Crippen LogP contribution in [-0.4, -0.2) is 29.2 Å². The number of benzene rings is 3. The van der Waals surface area contributed by atoms with Gasteiger partial charge in [-0.25, -0.2) is 4.79 Å². The maximum Gasteiger partial charge on any atom is 0.410 e. The van der Waals surface area contributed by atoms with Gasteiger partial charge in [-0.3, -0.25) is 0 Å². The molecular formula is C25H25NO3. The lowest BCUT2D eigenvalue weighted by Gasteiger charge is -2.38.